The van der Waals surface area contributed by atoms with Crippen LogP contribution >= 0.6 is 0 Å². The molecular formula is C16H15FN4O6. The highest BCUT2D eigenvalue weighted by molar-refractivity contribution is 5.91. The number of nitrogens with zero attached hydrogens (tertiary/aromatic N) is 2. The maximum Gasteiger partial charge on any atom is 0.414 e. The summed E-state index contributed by atoms with van der Waals surface area (Å²) in [6.45, 7) is 0.175. The Morgan fingerprint density at radius 3 is 2.89 bits per heavy atom. The molecule has 1 fully saturated rings. The number of halogens is 1. The average Bonchev–Trinajstić information content (AvgIpc) is 3.26. The molecule has 0 radical (unpaired) electrons. The van der Waals surface area contributed by atoms with Crippen molar-refractivity contribution in [2.45, 2.75) is 6.10 Å². The summed E-state index contributed by atoms with van der Waals surface area (Å²) in [6, 6.07) is 3.94. The highest BCUT2D eigenvalue weighted by Crippen LogP contribution is 2.28. The second-order valence-electron chi connectivity index (χ2n) is 5.56. The molecule has 1 unspecified atom stereocenters. The number of anilines is 1. The predicted molar refractivity (Wildman–Crippen MR) is 88.4 cm³/mol. The topological polar surface area (TPSA) is 137 Å². The van der Waals surface area contributed by atoms with Gasteiger partial charge in [-0.05, 0) is 18.2 Å². The number of methoxy groups -OCH3 is 1. The third-order valence-corrected chi connectivity index (χ3v) is 3.78. The van der Waals surface area contributed by atoms with E-state index in [2.05, 4.69) is 15.0 Å². The van der Waals surface area contributed by atoms with Gasteiger partial charge < -0.3 is 24.9 Å². The highest BCUT2D eigenvalue weighted by Gasteiger charge is 2.33. The number of hydrogen-bond acceptors (Lipinski definition) is 7. The fourth-order valence-corrected chi connectivity index (χ4v) is 2.46. The van der Waals surface area contributed by atoms with Crippen LogP contribution in [0, 0.1) is 5.82 Å². The number of rotatable bonds is 5. The first-order valence-corrected chi connectivity index (χ1v) is 7.74. The zero-order chi connectivity index (χ0) is 19.6. The van der Waals surface area contributed by atoms with E-state index in [1.807, 2.05) is 0 Å². The van der Waals surface area contributed by atoms with E-state index in [1.54, 1.807) is 0 Å². The number of primary amides is 1. The van der Waals surface area contributed by atoms with Crippen LogP contribution in [0.4, 0.5) is 19.7 Å². The van der Waals surface area contributed by atoms with Crippen molar-refractivity contribution in [3.8, 4) is 11.5 Å². The van der Waals surface area contributed by atoms with Crippen LogP contribution in [0.1, 0.15) is 10.5 Å². The van der Waals surface area contributed by atoms with E-state index in [0.717, 1.165) is 12.3 Å². The number of oxazole rings is 1. The maximum absolute atomic E-state index is 14.5. The van der Waals surface area contributed by atoms with Gasteiger partial charge in [0.05, 0.1) is 31.5 Å². The molecule has 3 rings (SSSR count). The first-order valence-electron chi connectivity index (χ1n) is 7.74. The van der Waals surface area contributed by atoms with Gasteiger partial charge in [0.15, 0.2) is 5.69 Å². The SMILES string of the molecule is COC(=O)NCC1CN(c2ccc(-c3nc(C(N)=O)co3)c(F)c2)C(=O)O1. The smallest absolute Gasteiger partial charge is 0.414 e. The van der Waals surface area contributed by atoms with Crippen molar-refractivity contribution in [3.63, 3.8) is 0 Å². The van der Waals surface area contributed by atoms with Crippen molar-refractivity contribution >= 4 is 23.8 Å². The molecule has 1 aromatic heterocycles. The molecule has 1 aliphatic heterocycles. The molecule has 3 amide bonds. The molecule has 1 atom stereocenters. The molecule has 1 saturated heterocycles. The molecule has 0 bridgehead atoms. The Balaban J connectivity index is 1.74. The lowest BCUT2D eigenvalue weighted by atomic mass is 10.1. The van der Waals surface area contributed by atoms with Gasteiger partial charge in [-0.1, -0.05) is 0 Å². The van der Waals surface area contributed by atoms with Crippen molar-refractivity contribution in [1.82, 2.24) is 10.3 Å². The lowest BCUT2D eigenvalue weighted by molar-refractivity contribution is 0.0995. The number of ether oxygens (including phenoxy) is 2. The fourth-order valence-electron chi connectivity index (χ4n) is 2.46. The molecule has 2 aromatic rings. The number of carbonyl (C=O) groups excluding carboxylic acids is 3. The molecule has 1 aliphatic rings. The Labute approximate surface area is 152 Å². The number of nitrogens with one attached hydrogen (secondary N) is 1. The van der Waals surface area contributed by atoms with Crippen molar-refractivity contribution in [2.24, 2.45) is 5.73 Å². The number of alkyl carbamates (subject to hydrolysis) is 1. The molecule has 3 N–H and O–H groups in total. The van der Waals surface area contributed by atoms with Crippen LogP contribution in [0.15, 0.2) is 28.9 Å². The molecule has 27 heavy (non-hydrogen) atoms. The van der Waals surface area contributed by atoms with Crippen LogP contribution in [0.3, 0.4) is 0 Å². The molecule has 2 heterocycles. The van der Waals surface area contributed by atoms with Crippen molar-refractivity contribution < 1.29 is 32.7 Å². The monoisotopic (exact) mass is 378 g/mol. The zero-order valence-electron chi connectivity index (χ0n) is 14.1. The minimum absolute atomic E-state index is 0.00252. The molecular weight excluding hydrogens is 363 g/mol. The lowest BCUT2D eigenvalue weighted by Crippen LogP contribution is -2.34. The van der Waals surface area contributed by atoms with Gasteiger partial charge in [-0.3, -0.25) is 9.69 Å². The summed E-state index contributed by atoms with van der Waals surface area (Å²) in [6.07, 6.45) is -0.904. The Hall–Kier alpha value is -3.63. The summed E-state index contributed by atoms with van der Waals surface area (Å²) in [7, 11) is 1.22. The number of amides is 3. The van der Waals surface area contributed by atoms with E-state index in [1.165, 1.54) is 24.1 Å². The number of cyclic esters (lactones) is 1. The molecule has 11 heteroatoms. The fraction of sp³-hybridized carbons (Fsp3) is 0.250. The van der Waals surface area contributed by atoms with Crippen LogP contribution in [0.25, 0.3) is 11.5 Å². The van der Waals surface area contributed by atoms with Crippen molar-refractivity contribution in [2.75, 3.05) is 25.1 Å². The number of hydrogen-bond donors (Lipinski definition) is 2. The Morgan fingerprint density at radius 1 is 1.48 bits per heavy atom. The number of nitrogens with two attached hydrogens (primary N) is 1. The number of aromatic nitrogens is 1. The van der Waals surface area contributed by atoms with Crippen LogP contribution in [0.5, 0.6) is 0 Å². The third kappa shape index (κ3) is 3.81. The number of benzene rings is 1. The Bertz CT molecular complexity index is 899. The van der Waals surface area contributed by atoms with Gasteiger partial charge in [-0.2, -0.15) is 0 Å². The zero-order valence-corrected chi connectivity index (χ0v) is 14.1. The van der Waals surface area contributed by atoms with Gasteiger partial charge >= 0.3 is 12.2 Å². The summed E-state index contributed by atoms with van der Waals surface area (Å²) in [5, 5.41) is 2.42. The molecule has 0 saturated carbocycles. The standard InChI is InChI=1S/C16H15FN4O6/c1-25-15(23)19-5-9-6-21(16(24)27-9)8-2-3-10(11(17)4-8)14-20-12(7-26-14)13(18)22/h2-4,7,9H,5-6H2,1H3,(H2,18,22)(H,19,23). The van der Waals surface area contributed by atoms with Gasteiger partial charge in [0, 0.05) is 0 Å². The van der Waals surface area contributed by atoms with Gasteiger partial charge in [0.2, 0.25) is 5.89 Å². The summed E-state index contributed by atoms with van der Waals surface area (Å²) >= 11 is 0. The minimum atomic E-state index is -0.798. The van der Waals surface area contributed by atoms with Gasteiger partial charge in [-0.15, -0.1) is 0 Å². The maximum atomic E-state index is 14.5. The second kappa shape index (κ2) is 7.32. The minimum Gasteiger partial charge on any atom is -0.453 e. The van der Waals surface area contributed by atoms with Crippen molar-refractivity contribution in [1.29, 1.82) is 0 Å². The lowest BCUT2D eigenvalue weighted by Gasteiger charge is -2.13. The normalized spacial score (nSPS) is 16.1. The van der Waals surface area contributed by atoms with E-state index in [-0.39, 0.29) is 35.9 Å². The summed E-state index contributed by atoms with van der Waals surface area (Å²) < 4.78 is 29.1. The third-order valence-electron chi connectivity index (χ3n) is 3.78. The van der Waals surface area contributed by atoms with E-state index in [9.17, 15) is 18.8 Å². The van der Waals surface area contributed by atoms with Crippen LogP contribution in [-0.4, -0.2) is 49.4 Å². The Kier molecular flexibility index (Phi) is 4.92. The molecule has 142 valence electrons. The van der Waals surface area contributed by atoms with E-state index in [0.29, 0.717) is 0 Å². The first-order chi connectivity index (χ1) is 12.9. The summed E-state index contributed by atoms with van der Waals surface area (Å²) in [5.74, 6) is -1.63. The van der Waals surface area contributed by atoms with Crippen molar-refractivity contribution in [3.05, 3.63) is 36.0 Å². The quantitative estimate of drug-likeness (QED) is 0.799. The molecule has 1 aromatic carbocycles. The van der Waals surface area contributed by atoms with E-state index >= 15 is 0 Å². The summed E-state index contributed by atoms with van der Waals surface area (Å²) in [5.41, 5.74) is 5.21. The van der Waals surface area contributed by atoms with Gasteiger partial charge in [-0.25, -0.2) is 19.0 Å². The number of carbonyl (C=O) groups is 3. The predicted octanol–water partition coefficient (Wildman–Crippen LogP) is 1.26. The van der Waals surface area contributed by atoms with Crippen LogP contribution in [-0.2, 0) is 9.47 Å². The van der Waals surface area contributed by atoms with Gasteiger partial charge in [0.1, 0.15) is 18.2 Å². The largest absolute Gasteiger partial charge is 0.453 e. The van der Waals surface area contributed by atoms with Gasteiger partial charge in [0.25, 0.3) is 5.91 Å². The Morgan fingerprint density at radius 2 is 2.26 bits per heavy atom. The van der Waals surface area contributed by atoms with Crippen LogP contribution in [0.2, 0.25) is 0 Å². The van der Waals surface area contributed by atoms with E-state index in [4.69, 9.17) is 14.9 Å². The first kappa shape index (κ1) is 18.2. The summed E-state index contributed by atoms with van der Waals surface area (Å²) in [4.78, 5) is 39.2. The molecule has 10 nitrogen and oxygen atoms in total. The second-order valence-corrected chi connectivity index (χ2v) is 5.56. The molecule has 0 spiro atoms. The average molecular weight is 378 g/mol. The van der Waals surface area contributed by atoms with E-state index < -0.39 is 30.0 Å². The molecule has 0 aliphatic carbocycles. The van der Waals surface area contributed by atoms with Crippen LogP contribution < -0.4 is 16.0 Å². The highest BCUT2D eigenvalue weighted by atomic mass is 19.1.